The van der Waals surface area contributed by atoms with Gasteiger partial charge in [0, 0.05) is 6.42 Å². The third-order valence-corrected chi connectivity index (χ3v) is 3.90. The highest BCUT2D eigenvalue weighted by atomic mass is 16.5. The summed E-state index contributed by atoms with van der Waals surface area (Å²) in [6.45, 7) is 3.77. The molecule has 1 heterocycles. The van der Waals surface area contributed by atoms with Crippen LogP contribution >= 0.6 is 0 Å². The first-order valence-corrected chi connectivity index (χ1v) is 7.86. The Morgan fingerprint density at radius 3 is 2.20 bits per heavy atom. The number of carbonyl (C=O) groups excluding carboxylic acids is 1. The lowest BCUT2D eigenvalue weighted by Crippen LogP contribution is -2.07. The quantitative estimate of drug-likeness (QED) is 0.678. The fraction of sp³-hybridized carbons (Fsp3) is 0.444. The number of aromatic nitrogens is 1. The van der Waals surface area contributed by atoms with E-state index >= 15 is 0 Å². The molecule has 7 nitrogen and oxygen atoms in total. The molecule has 0 amide bonds. The molecular weight excluding hydrogens is 326 g/mol. The highest BCUT2D eigenvalue weighted by Crippen LogP contribution is 2.38. The first-order chi connectivity index (χ1) is 12.0. The second-order valence-corrected chi connectivity index (χ2v) is 5.50. The highest BCUT2D eigenvalue weighted by molar-refractivity contribution is 5.70. The van der Waals surface area contributed by atoms with Gasteiger partial charge in [0.2, 0.25) is 5.75 Å². The van der Waals surface area contributed by atoms with E-state index in [0.717, 1.165) is 16.8 Å². The van der Waals surface area contributed by atoms with Crippen LogP contribution in [0, 0.1) is 13.8 Å². The molecular formula is C18H23NO6. The number of methoxy groups -OCH3 is 3. The fourth-order valence-electron chi connectivity index (χ4n) is 2.46. The van der Waals surface area contributed by atoms with Gasteiger partial charge in [0.15, 0.2) is 11.5 Å². The minimum Gasteiger partial charge on any atom is -0.493 e. The Balaban J connectivity index is 1.97. The van der Waals surface area contributed by atoms with Crippen LogP contribution in [0.5, 0.6) is 17.2 Å². The van der Waals surface area contributed by atoms with Crippen molar-refractivity contribution < 1.29 is 28.3 Å². The zero-order valence-electron chi connectivity index (χ0n) is 15.2. The lowest BCUT2D eigenvalue weighted by atomic mass is 10.1. The summed E-state index contributed by atoms with van der Waals surface area (Å²) in [4.78, 5) is 12.0. The Bertz CT molecular complexity index is 693. The van der Waals surface area contributed by atoms with Crippen LogP contribution in [0.2, 0.25) is 0 Å². The summed E-state index contributed by atoms with van der Waals surface area (Å²) < 4.78 is 26.3. The SMILES string of the molecule is COc1cc(CCC(=O)OCc2c(C)noc2C)cc(OC)c1OC. The predicted octanol–water partition coefficient (Wildman–Crippen LogP) is 2.99. The van der Waals surface area contributed by atoms with Gasteiger partial charge in [0.1, 0.15) is 12.4 Å². The Labute approximate surface area is 146 Å². The summed E-state index contributed by atoms with van der Waals surface area (Å²) in [6.07, 6.45) is 0.735. The number of hydrogen-bond acceptors (Lipinski definition) is 7. The normalized spacial score (nSPS) is 10.4. The van der Waals surface area contributed by atoms with E-state index in [4.69, 9.17) is 23.5 Å². The molecule has 0 bridgehead atoms. The van der Waals surface area contributed by atoms with Crippen molar-refractivity contribution in [2.24, 2.45) is 0 Å². The van der Waals surface area contributed by atoms with Crippen LogP contribution in [-0.4, -0.2) is 32.5 Å². The van der Waals surface area contributed by atoms with Gasteiger partial charge in [-0.2, -0.15) is 0 Å². The Kier molecular flexibility index (Phi) is 6.27. The molecule has 0 N–H and O–H groups in total. The molecule has 0 aliphatic heterocycles. The first kappa shape index (κ1) is 18.6. The average molecular weight is 349 g/mol. The van der Waals surface area contributed by atoms with Gasteiger partial charge in [-0.05, 0) is 38.0 Å². The zero-order valence-corrected chi connectivity index (χ0v) is 15.2. The van der Waals surface area contributed by atoms with Crippen LogP contribution < -0.4 is 14.2 Å². The number of aryl methyl sites for hydroxylation is 3. The molecule has 0 atom stereocenters. The summed E-state index contributed by atoms with van der Waals surface area (Å²) in [5.41, 5.74) is 2.43. The van der Waals surface area contributed by atoms with Gasteiger partial charge >= 0.3 is 5.97 Å². The second-order valence-electron chi connectivity index (χ2n) is 5.50. The molecule has 1 aromatic heterocycles. The molecule has 0 saturated heterocycles. The first-order valence-electron chi connectivity index (χ1n) is 7.86. The summed E-state index contributed by atoms with van der Waals surface area (Å²) in [5, 5.41) is 3.84. The minimum atomic E-state index is -0.297. The van der Waals surface area contributed by atoms with Crippen molar-refractivity contribution in [2.75, 3.05) is 21.3 Å². The van der Waals surface area contributed by atoms with Crippen molar-refractivity contribution in [3.8, 4) is 17.2 Å². The van der Waals surface area contributed by atoms with Gasteiger partial charge in [-0.15, -0.1) is 0 Å². The molecule has 0 aliphatic carbocycles. The van der Waals surface area contributed by atoms with E-state index in [1.807, 2.05) is 19.1 Å². The van der Waals surface area contributed by atoms with E-state index in [9.17, 15) is 4.79 Å². The Morgan fingerprint density at radius 1 is 1.08 bits per heavy atom. The molecule has 0 unspecified atom stereocenters. The molecule has 2 rings (SSSR count). The molecule has 0 spiro atoms. The third-order valence-electron chi connectivity index (χ3n) is 3.90. The molecule has 0 fully saturated rings. The zero-order chi connectivity index (χ0) is 18.4. The number of ether oxygens (including phenoxy) is 4. The molecule has 0 aliphatic rings. The van der Waals surface area contributed by atoms with Crippen molar-refractivity contribution >= 4 is 5.97 Å². The topological polar surface area (TPSA) is 80.0 Å². The smallest absolute Gasteiger partial charge is 0.306 e. The van der Waals surface area contributed by atoms with Gasteiger partial charge in [-0.1, -0.05) is 5.16 Å². The van der Waals surface area contributed by atoms with Gasteiger partial charge in [0.05, 0.1) is 32.6 Å². The van der Waals surface area contributed by atoms with Crippen LogP contribution in [0.15, 0.2) is 16.7 Å². The van der Waals surface area contributed by atoms with Crippen molar-refractivity contribution in [3.63, 3.8) is 0 Å². The molecule has 2 aromatic rings. The molecule has 1 aromatic carbocycles. The highest BCUT2D eigenvalue weighted by Gasteiger charge is 2.15. The Hall–Kier alpha value is -2.70. The molecule has 0 radical (unpaired) electrons. The number of hydrogen-bond donors (Lipinski definition) is 0. The number of nitrogens with zero attached hydrogens (tertiary/aromatic N) is 1. The Morgan fingerprint density at radius 2 is 1.72 bits per heavy atom. The number of esters is 1. The van der Waals surface area contributed by atoms with E-state index in [-0.39, 0.29) is 19.0 Å². The lowest BCUT2D eigenvalue weighted by molar-refractivity contribution is -0.144. The minimum absolute atomic E-state index is 0.162. The summed E-state index contributed by atoms with van der Waals surface area (Å²) in [6, 6.07) is 3.64. The van der Waals surface area contributed by atoms with Gasteiger partial charge in [0.25, 0.3) is 0 Å². The van der Waals surface area contributed by atoms with Crippen molar-refractivity contribution in [1.82, 2.24) is 5.16 Å². The summed E-state index contributed by atoms with van der Waals surface area (Å²) in [5.74, 6) is 2.00. The van der Waals surface area contributed by atoms with Crippen LogP contribution in [0.25, 0.3) is 0 Å². The molecule has 0 saturated carbocycles. The molecule has 25 heavy (non-hydrogen) atoms. The van der Waals surface area contributed by atoms with E-state index in [0.29, 0.717) is 29.4 Å². The van der Waals surface area contributed by atoms with E-state index in [1.165, 1.54) is 0 Å². The number of carbonyl (C=O) groups is 1. The summed E-state index contributed by atoms with van der Waals surface area (Å²) >= 11 is 0. The fourth-order valence-corrected chi connectivity index (χ4v) is 2.46. The largest absolute Gasteiger partial charge is 0.493 e. The monoisotopic (exact) mass is 349 g/mol. The maximum Gasteiger partial charge on any atom is 0.306 e. The van der Waals surface area contributed by atoms with Crippen molar-refractivity contribution in [1.29, 1.82) is 0 Å². The average Bonchev–Trinajstić information content (AvgIpc) is 2.94. The second kappa shape index (κ2) is 8.41. The number of benzene rings is 1. The van der Waals surface area contributed by atoms with Crippen LogP contribution in [0.1, 0.15) is 29.0 Å². The molecule has 7 heteroatoms. The van der Waals surface area contributed by atoms with Gasteiger partial charge < -0.3 is 23.5 Å². The van der Waals surface area contributed by atoms with E-state index in [1.54, 1.807) is 28.3 Å². The summed E-state index contributed by atoms with van der Waals surface area (Å²) in [7, 11) is 4.66. The molecule has 136 valence electrons. The van der Waals surface area contributed by atoms with Gasteiger partial charge in [-0.25, -0.2) is 0 Å². The number of rotatable bonds is 8. The van der Waals surface area contributed by atoms with Gasteiger partial charge in [-0.3, -0.25) is 4.79 Å². The van der Waals surface area contributed by atoms with Crippen LogP contribution in [0.4, 0.5) is 0 Å². The maximum atomic E-state index is 12.0. The lowest BCUT2D eigenvalue weighted by Gasteiger charge is -2.14. The third kappa shape index (κ3) is 4.43. The van der Waals surface area contributed by atoms with Crippen LogP contribution in [-0.2, 0) is 22.6 Å². The van der Waals surface area contributed by atoms with Crippen molar-refractivity contribution in [3.05, 3.63) is 34.7 Å². The van der Waals surface area contributed by atoms with E-state index in [2.05, 4.69) is 5.16 Å². The van der Waals surface area contributed by atoms with E-state index < -0.39 is 0 Å². The maximum absolute atomic E-state index is 12.0. The predicted molar refractivity (Wildman–Crippen MR) is 90.2 cm³/mol. The van der Waals surface area contributed by atoms with Crippen LogP contribution in [0.3, 0.4) is 0 Å². The standard InChI is InChI=1S/C18H23NO6/c1-11-14(12(2)25-19-11)10-24-17(20)7-6-13-8-15(21-3)18(23-5)16(9-13)22-4/h8-9H,6-7,10H2,1-5H3. The van der Waals surface area contributed by atoms with Crippen molar-refractivity contribution in [2.45, 2.75) is 33.3 Å².